The first-order valence-corrected chi connectivity index (χ1v) is 7.64. The number of rotatable bonds is 4. The Labute approximate surface area is 118 Å². The Morgan fingerprint density at radius 3 is 2.32 bits per heavy atom. The molecule has 3 heteroatoms. The Hall–Kier alpha value is -0.120. The lowest BCUT2D eigenvalue weighted by atomic mass is 9.66. The summed E-state index contributed by atoms with van der Waals surface area (Å²) in [7, 11) is 0. The molecule has 114 valence electrons. The molecule has 0 aromatic heterocycles. The van der Waals surface area contributed by atoms with Crippen LogP contribution in [0.25, 0.3) is 0 Å². The van der Waals surface area contributed by atoms with Crippen LogP contribution in [0.5, 0.6) is 0 Å². The summed E-state index contributed by atoms with van der Waals surface area (Å²) in [6.45, 7) is 11.0. The molecule has 0 saturated heterocycles. The van der Waals surface area contributed by atoms with Crippen molar-refractivity contribution in [2.45, 2.75) is 72.0 Å². The van der Waals surface area contributed by atoms with Crippen molar-refractivity contribution in [3.05, 3.63) is 0 Å². The van der Waals surface area contributed by atoms with E-state index in [9.17, 15) is 10.2 Å². The maximum absolute atomic E-state index is 9.83. The first-order chi connectivity index (χ1) is 8.74. The van der Waals surface area contributed by atoms with Gasteiger partial charge in [-0.05, 0) is 45.4 Å². The molecule has 2 N–H and O–H groups in total. The van der Waals surface area contributed by atoms with Crippen molar-refractivity contribution in [3.63, 3.8) is 0 Å². The van der Waals surface area contributed by atoms with Crippen LogP contribution in [0.1, 0.15) is 60.3 Å². The van der Waals surface area contributed by atoms with E-state index in [0.29, 0.717) is 12.3 Å². The molecule has 1 fully saturated rings. The largest absolute Gasteiger partial charge is 0.396 e. The highest BCUT2D eigenvalue weighted by Crippen LogP contribution is 2.47. The monoisotopic (exact) mass is 272 g/mol. The number of aliphatic hydroxyl groups is 2. The molecular formula is C16H32O3. The predicted molar refractivity (Wildman–Crippen MR) is 78.0 cm³/mol. The van der Waals surface area contributed by atoms with Gasteiger partial charge in [0.05, 0.1) is 11.7 Å². The van der Waals surface area contributed by atoms with Crippen LogP contribution < -0.4 is 0 Å². The molecule has 0 radical (unpaired) electrons. The van der Waals surface area contributed by atoms with E-state index in [1.54, 1.807) is 0 Å². The lowest BCUT2D eigenvalue weighted by Crippen LogP contribution is -2.46. The van der Waals surface area contributed by atoms with Crippen LogP contribution in [0.3, 0.4) is 0 Å². The fourth-order valence-electron chi connectivity index (χ4n) is 3.64. The lowest BCUT2D eigenvalue weighted by Gasteiger charge is -2.45. The lowest BCUT2D eigenvalue weighted by molar-refractivity contribution is -0.145. The molecule has 0 aliphatic heterocycles. The quantitative estimate of drug-likeness (QED) is 0.774. The summed E-state index contributed by atoms with van der Waals surface area (Å²) in [4.78, 5) is 0. The highest BCUT2D eigenvalue weighted by atomic mass is 16.5. The molecule has 4 atom stereocenters. The van der Waals surface area contributed by atoms with Gasteiger partial charge in [-0.15, -0.1) is 0 Å². The zero-order chi connectivity index (χ0) is 14.7. The molecule has 19 heavy (non-hydrogen) atoms. The third-order valence-corrected chi connectivity index (χ3v) is 4.74. The second-order valence-corrected chi connectivity index (χ2v) is 7.40. The van der Waals surface area contributed by atoms with Crippen molar-refractivity contribution in [2.24, 2.45) is 17.3 Å². The van der Waals surface area contributed by atoms with Gasteiger partial charge in [-0.3, -0.25) is 0 Å². The molecule has 0 unspecified atom stereocenters. The Morgan fingerprint density at radius 2 is 1.84 bits per heavy atom. The van der Waals surface area contributed by atoms with Crippen LogP contribution in [0.2, 0.25) is 0 Å². The average Bonchev–Trinajstić information content (AvgIpc) is 2.36. The van der Waals surface area contributed by atoms with Crippen LogP contribution in [-0.4, -0.2) is 35.1 Å². The topological polar surface area (TPSA) is 49.7 Å². The van der Waals surface area contributed by atoms with Crippen LogP contribution >= 0.6 is 0 Å². The second-order valence-electron chi connectivity index (χ2n) is 7.40. The number of hydrogen-bond donors (Lipinski definition) is 2. The third kappa shape index (κ3) is 4.17. The second kappa shape index (κ2) is 6.55. The van der Waals surface area contributed by atoms with E-state index in [-0.39, 0.29) is 36.3 Å². The molecule has 1 rings (SSSR count). The van der Waals surface area contributed by atoms with Gasteiger partial charge in [0, 0.05) is 18.6 Å². The Bertz CT molecular complexity index is 272. The number of aliphatic hydroxyl groups excluding tert-OH is 2. The van der Waals surface area contributed by atoms with Crippen molar-refractivity contribution in [3.8, 4) is 0 Å². The molecule has 0 aromatic carbocycles. The minimum absolute atomic E-state index is 0.113. The molecule has 0 heterocycles. The van der Waals surface area contributed by atoms with Gasteiger partial charge in [0.25, 0.3) is 0 Å². The standard InChI is InChI=1S/C16H32O3/c1-12-7-6-8-14(19-15(2,3)4)16(5,9-10-17)13(12)11-18/h12-14,17-18H,6-11H2,1-5H3/t12-,13+,14+,16+/m1/s1. The summed E-state index contributed by atoms with van der Waals surface area (Å²) < 4.78 is 6.28. The summed E-state index contributed by atoms with van der Waals surface area (Å²) in [6.07, 6.45) is 4.11. The Balaban J connectivity index is 3.03. The minimum Gasteiger partial charge on any atom is -0.396 e. The SMILES string of the molecule is C[C@@H]1CCC[C@H](OC(C)(C)C)[C@@](C)(CCO)[C@H]1CO. The van der Waals surface area contributed by atoms with Gasteiger partial charge in [-0.2, -0.15) is 0 Å². The van der Waals surface area contributed by atoms with Crippen LogP contribution in [0, 0.1) is 17.3 Å². The maximum atomic E-state index is 9.83. The van der Waals surface area contributed by atoms with Crippen molar-refractivity contribution in [2.75, 3.05) is 13.2 Å². The van der Waals surface area contributed by atoms with E-state index in [2.05, 4.69) is 34.6 Å². The van der Waals surface area contributed by atoms with Crippen molar-refractivity contribution < 1.29 is 14.9 Å². The van der Waals surface area contributed by atoms with E-state index in [1.165, 1.54) is 0 Å². The van der Waals surface area contributed by atoms with E-state index >= 15 is 0 Å². The first kappa shape index (κ1) is 16.9. The van der Waals surface area contributed by atoms with Gasteiger partial charge < -0.3 is 14.9 Å². The van der Waals surface area contributed by atoms with Crippen LogP contribution in [-0.2, 0) is 4.74 Å². The molecule has 0 amide bonds. The molecule has 0 bridgehead atoms. The van der Waals surface area contributed by atoms with Gasteiger partial charge in [0.1, 0.15) is 0 Å². The fourth-order valence-corrected chi connectivity index (χ4v) is 3.64. The summed E-state index contributed by atoms with van der Waals surface area (Å²) in [5.74, 6) is 0.685. The van der Waals surface area contributed by atoms with Crippen LogP contribution in [0.4, 0.5) is 0 Å². The zero-order valence-electron chi connectivity index (χ0n) is 13.3. The fraction of sp³-hybridized carbons (Fsp3) is 1.00. The van der Waals surface area contributed by atoms with Gasteiger partial charge in [0.15, 0.2) is 0 Å². The molecule has 1 aliphatic rings. The Kier molecular flexibility index (Phi) is 5.84. The zero-order valence-corrected chi connectivity index (χ0v) is 13.3. The Morgan fingerprint density at radius 1 is 1.21 bits per heavy atom. The van der Waals surface area contributed by atoms with E-state index in [4.69, 9.17) is 4.74 Å². The van der Waals surface area contributed by atoms with Gasteiger partial charge >= 0.3 is 0 Å². The molecule has 1 aliphatic carbocycles. The number of ether oxygens (including phenoxy) is 1. The van der Waals surface area contributed by atoms with Crippen molar-refractivity contribution in [1.82, 2.24) is 0 Å². The smallest absolute Gasteiger partial charge is 0.0640 e. The van der Waals surface area contributed by atoms with Crippen molar-refractivity contribution in [1.29, 1.82) is 0 Å². The van der Waals surface area contributed by atoms with Crippen molar-refractivity contribution >= 4 is 0 Å². The predicted octanol–water partition coefficient (Wildman–Crippen LogP) is 2.99. The first-order valence-electron chi connectivity index (χ1n) is 7.64. The average molecular weight is 272 g/mol. The molecule has 3 nitrogen and oxygen atoms in total. The van der Waals surface area contributed by atoms with Crippen LogP contribution in [0.15, 0.2) is 0 Å². The highest BCUT2D eigenvalue weighted by molar-refractivity contribution is 4.95. The summed E-state index contributed by atoms with van der Waals surface area (Å²) >= 11 is 0. The third-order valence-electron chi connectivity index (χ3n) is 4.74. The summed E-state index contributed by atoms with van der Waals surface area (Å²) in [6, 6.07) is 0. The van der Waals surface area contributed by atoms with Gasteiger partial charge in [0.2, 0.25) is 0 Å². The molecule has 1 saturated carbocycles. The summed E-state index contributed by atoms with van der Waals surface area (Å²) in [5, 5.41) is 19.3. The highest BCUT2D eigenvalue weighted by Gasteiger charge is 2.46. The van der Waals surface area contributed by atoms with Gasteiger partial charge in [-0.25, -0.2) is 0 Å². The molecule has 0 spiro atoms. The maximum Gasteiger partial charge on any atom is 0.0640 e. The minimum atomic E-state index is -0.186. The van der Waals surface area contributed by atoms with E-state index < -0.39 is 0 Å². The molecular weight excluding hydrogens is 240 g/mol. The van der Waals surface area contributed by atoms with E-state index in [0.717, 1.165) is 19.3 Å². The summed E-state index contributed by atoms with van der Waals surface area (Å²) in [5.41, 5.74) is -0.332. The normalized spacial score (nSPS) is 37.1. The molecule has 0 aromatic rings. The van der Waals surface area contributed by atoms with E-state index in [1.807, 2.05) is 0 Å². The number of hydrogen-bond acceptors (Lipinski definition) is 3. The van der Waals surface area contributed by atoms with Gasteiger partial charge in [-0.1, -0.05) is 26.7 Å².